The van der Waals surface area contributed by atoms with Crippen LogP contribution in [-0.2, 0) is 0 Å². The van der Waals surface area contributed by atoms with E-state index < -0.39 is 0 Å². The average molecular weight is 128 g/mol. The van der Waals surface area contributed by atoms with Crippen LogP contribution in [0.4, 0.5) is 0 Å². The molecular weight excluding hydrogens is 114 g/mol. The number of rotatable bonds is 1. The Hall–Kier alpha value is -0.0800. The zero-order valence-corrected chi connectivity index (χ0v) is 5.71. The lowest BCUT2D eigenvalue weighted by Crippen LogP contribution is -2.37. The first-order chi connectivity index (χ1) is 4.34. The van der Waals surface area contributed by atoms with E-state index >= 15 is 0 Å². The molecule has 0 aromatic carbocycles. The predicted octanol–water partition coefficient (Wildman–Crippen LogP) is 0.625. The number of piperidine rings is 1. The van der Waals surface area contributed by atoms with Crippen molar-refractivity contribution < 1.29 is 5.11 Å². The maximum absolute atomic E-state index is 8.78. The Kier molecular flexibility index (Phi) is 2.49. The van der Waals surface area contributed by atoms with Crippen molar-refractivity contribution in [2.24, 2.45) is 0 Å². The van der Waals surface area contributed by atoms with Crippen LogP contribution in [-0.4, -0.2) is 29.2 Å². The molecule has 1 unspecified atom stereocenters. The van der Waals surface area contributed by atoms with Gasteiger partial charge in [-0.2, -0.15) is 0 Å². The van der Waals surface area contributed by atoms with Crippen LogP contribution in [0, 0.1) is 7.05 Å². The van der Waals surface area contributed by atoms with Gasteiger partial charge in [-0.15, -0.1) is 0 Å². The first-order valence-corrected chi connectivity index (χ1v) is 3.52. The van der Waals surface area contributed by atoms with Crippen LogP contribution in [0.2, 0.25) is 0 Å². The quantitative estimate of drug-likeness (QED) is 0.559. The van der Waals surface area contributed by atoms with Gasteiger partial charge in [-0.3, -0.25) is 4.90 Å². The van der Waals surface area contributed by atoms with Gasteiger partial charge < -0.3 is 5.11 Å². The smallest absolute Gasteiger partial charge is 0.0586 e. The number of aliphatic hydroxyl groups is 1. The molecule has 1 rings (SSSR count). The Bertz CT molecular complexity index is 85.0. The molecule has 1 radical (unpaired) electrons. The van der Waals surface area contributed by atoms with Gasteiger partial charge in [0, 0.05) is 13.1 Å². The third-order valence-electron chi connectivity index (χ3n) is 1.96. The van der Waals surface area contributed by atoms with Crippen molar-refractivity contribution in [2.75, 3.05) is 13.2 Å². The van der Waals surface area contributed by atoms with Crippen LogP contribution < -0.4 is 0 Å². The predicted molar refractivity (Wildman–Crippen MR) is 36.8 cm³/mol. The summed E-state index contributed by atoms with van der Waals surface area (Å²) in [6.45, 7) is 1.31. The fraction of sp³-hybridized carbons (Fsp3) is 0.857. The van der Waals surface area contributed by atoms with Crippen LogP contribution in [0.5, 0.6) is 0 Å². The molecule has 1 aliphatic heterocycles. The van der Waals surface area contributed by atoms with Gasteiger partial charge in [-0.25, -0.2) is 0 Å². The monoisotopic (exact) mass is 128 g/mol. The molecule has 0 aromatic heterocycles. The highest BCUT2D eigenvalue weighted by molar-refractivity contribution is 4.74. The molecule has 2 heteroatoms. The summed E-state index contributed by atoms with van der Waals surface area (Å²) in [7, 11) is 3.82. The molecule has 0 aliphatic carbocycles. The summed E-state index contributed by atoms with van der Waals surface area (Å²) < 4.78 is 0. The van der Waals surface area contributed by atoms with E-state index in [1.807, 2.05) is 4.90 Å². The first kappa shape index (κ1) is 7.03. The zero-order valence-electron chi connectivity index (χ0n) is 5.71. The number of nitrogens with zero attached hydrogens (tertiary/aromatic N) is 1. The van der Waals surface area contributed by atoms with Crippen molar-refractivity contribution in [1.82, 2.24) is 4.90 Å². The molecule has 0 aromatic rings. The Morgan fingerprint density at radius 2 is 2.33 bits per heavy atom. The van der Waals surface area contributed by atoms with E-state index in [2.05, 4.69) is 7.05 Å². The van der Waals surface area contributed by atoms with Crippen LogP contribution in [0.25, 0.3) is 0 Å². The molecule has 53 valence electrons. The minimum atomic E-state index is 0.267. The SMILES string of the molecule is [CH2]N1CCCCC1CO. The molecule has 1 N–H and O–H groups in total. The van der Waals surface area contributed by atoms with E-state index in [0.717, 1.165) is 13.0 Å². The van der Waals surface area contributed by atoms with Crippen LogP contribution >= 0.6 is 0 Å². The van der Waals surface area contributed by atoms with Gasteiger partial charge in [0.2, 0.25) is 0 Å². The van der Waals surface area contributed by atoms with Crippen molar-refractivity contribution >= 4 is 0 Å². The van der Waals surface area contributed by atoms with Crippen molar-refractivity contribution in [2.45, 2.75) is 25.3 Å². The molecule has 1 saturated heterocycles. The standard InChI is InChI=1S/C7H14NO/c1-8-5-3-2-4-7(8)6-9/h7,9H,1-6H2. The molecule has 0 saturated carbocycles. The summed E-state index contributed by atoms with van der Waals surface area (Å²) in [6.07, 6.45) is 3.59. The molecule has 0 spiro atoms. The van der Waals surface area contributed by atoms with Gasteiger partial charge >= 0.3 is 0 Å². The maximum Gasteiger partial charge on any atom is 0.0586 e. The van der Waals surface area contributed by atoms with Crippen LogP contribution in [0.3, 0.4) is 0 Å². The Balaban J connectivity index is 2.30. The second kappa shape index (κ2) is 3.18. The summed E-state index contributed by atoms with van der Waals surface area (Å²) in [5, 5.41) is 8.78. The molecule has 9 heavy (non-hydrogen) atoms. The first-order valence-electron chi connectivity index (χ1n) is 3.52. The van der Waals surface area contributed by atoms with Gasteiger partial charge in [0.15, 0.2) is 0 Å². The normalized spacial score (nSPS) is 30.7. The Morgan fingerprint density at radius 3 is 2.78 bits per heavy atom. The number of likely N-dealkylation sites (tertiary alicyclic amines) is 1. The van der Waals surface area contributed by atoms with Gasteiger partial charge in [-0.05, 0) is 19.4 Å². The lowest BCUT2D eigenvalue weighted by Gasteiger charge is -2.30. The molecule has 1 fully saturated rings. The molecular formula is C7H14NO. The second-order valence-electron chi connectivity index (χ2n) is 2.64. The second-order valence-corrected chi connectivity index (χ2v) is 2.64. The molecule has 2 nitrogen and oxygen atoms in total. The van der Waals surface area contributed by atoms with Gasteiger partial charge in [0.1, 0.15) is 0 Å². The summed E-state index contributed by atoms with van der Waals surface area (Å²) in [4.78, 5) is 1.99. The lowest BCUT2D eigenvalue weighted by molar-refractivity contribution is 0.128. The minimum Gasteiger partial charge on any atom is -0.395 e. The Labute approximate surface area is 56.5 Å². The minimum absolute atomic E-state index is 0.267. The highest BCUT2D eigenvalue weighted by Crippen LogP contribution is 2.14. The average Bonchev–Trinajstić information content (AvgIpc) is 1.89. The van der Waals surface area contributed by atoms with Gasteiger partial charge in [-0.1, -0.05) is 6.42 Å². The van der Waals surface area contributed by atoms with E-state index in [4.69, 9.17) is 5.11 Å². The van der Waals surface area contributed by atoms with E-state index in [1.165, 1.54) is 12.8 Å². The topological polar surface area (TPSA) is 23.5 Å². The number of hydrogen-bond donors (Lipinski definition) is 1. The fourth-order valence-corrected chi connectivity index (χ4v) is 1.27. The molecule has 1 heterocycles. The largest absolute Gasteiger partial charge is 0.395 e. The van der Waals surface area contributed by atoms with Crippen molar-refractivity contribution in [3.05, 3.63) is 7.05 Å². The van der Waals surface area contributed by atoms with Gasteiger partial charge in [0.25, 0.3) is 0 Å². The van der Waals surface area contributed by atoms with E-state index in [9.17, 15) is 0 Å². The molecule has 0 amide bonds. The van der Waals surface area contributed by atoms with Crippen molar-refractivity contribution in [3.8, 4) is 0 Å². The third kappa shape index (κ3) is 1.66. The lowest BCUT2D eigenvalue weighted by atomic mass is 10.0. The van der Waals surface area contributed by atoms with Crippen molar-refractivity contribution in [3.63, 3.8) is 0 Å². The fourth-order valence-electron chi connectivity index (χ4n) is 1.27. The number of hydrogen-bond acceptors (Lipinski definition) is 2. The third-order valence-corrected chi connectivity index (χ3v) is 1.96. The highest BCUT2D eigenvalue weighted by Gasteiger charge is 2.16. The molecule has 1 atom stereocenters. The molecule has 0 bridgehead atoms. The number of aliphatic hydroxyl groups excluding tert-OH is 1. The Morgan fingerprint density at radius 1 is 1.56 bits per heavy atom. The summed E-state index contributed by atoms with van der Waals surface area (Å²) in [5.41, 5.74) is 0. The highest BCUT2D eigenvalue weighted by atomic mass is 16.3. The van der Waals surface area contributed by atoms with E-state index in [0.29, 0.717) is 6.04 Å². The van der Waals surface area contributed by atoms with Crippen molar-refractivity contribution in [1.29, 1.82) is 0 Å². The van der Waals surface area contributed by atoms with Crippen LogP contribution in [0.1, 0.15) is 19.3 Å². The van der Waals surface area contributed by atoms with E-state index in [1.54, 1.807) is 0 Å². The summed E-state index contributed by atoms with van der Waals surface area (Å²) in [5.74, 6) is 0. The summed E-state index contributed by atoms with van der Waals surface area (Å²) >= 11 is 0. The van der Waals surface area contributed by atoms with Crippen LogP contribution in [0.15, 0.2) is 0 Å². The maximum atomic E-state index is 8.78. The molecule has 1 aliphatic rings. The van der Waals surface area contributed by atoms with Gasteiger partial charge in [0.05, 0.1) is 6.61 Å². The summed E-state index contributed by atoms with van der Waals surface area (Å²) in [6, 6.07) is 0.332. The van der Waals surface area contributed by atoms with E-state index in [-0.39, 0.29) is 6.61 Å². The zero-order chi connectivity index (χ0) is 6.69.